The number of carbonyl (C=O) groups excluding carboxylic acids is 1. The Kier molecular flexibility index (Phi) is 4.63. The van der Waals surface area contributed by atoms with Gasteiger partial charge >= 0.3 is 11.7 Å². The van der Waals surface area contributed by atoms with Gasteiger partial charge < -0.3 is 15.5 Å². The molecule has 0 radical (unpaired) electrons. The van der Waals surface area contributed by atoms with Crippen LogP contribution in [0, 0.1) is 24.0 Å². The highest BCUT2D eigenvalue weighted by Crippen LogP contribution is 2.21. The topological polar surface area (TPSA) is 148 Å². The number of aryl methyl sites for hydroxylation is 1. The summed E-state index contributed by atoms with van der Waals surface area (Å²) in [6.45, 7) is 3.16. The maximum Gasteiger partial charge on any atom is 0.337 e. The molecule has 3 N–H and O–H groups in total. The predicted octanol–water partition coefficient (Wildman–Crippen LogP) is -0.640. The Morgan fingerprint density at radius 2 is 2.05 bits per heavy atom. The molecule has 1 rings (SSSR count). The Hall–Kier alpha value is -2.49. The lowest BCUT2D eigenvalue weighted by atomic mass is 10.1. The molecule has 0 bridgehead atoms. The molecule has 21 heavy (non-hydrogen) atoms. The van der Waals surface area contributed by atoms with Crippen LogP contribution in [-0.4, -0.2) is 48.9 Å². The number of carboxylic acid groups (broad SMARTS) is 1. The van der Waals surface area contributed by atoms with Crippen LogP contribution in [0.2, 0.25) is 0 Å². The van der Waals surface area contributed by atoms with Crippen LogP contribution >= 0.6 is 0 Å². The maximum atomic E-state index is 11.7. The summed E-state index contributed by atoms with van der Waals surface area (Å²) in [4.78, 5) is 32.6. The second-order valence-electron chi connectivity index (χ2n) is 4.79. The Bertz CT molecular complexity index is 592. The SMILES string of the molecule is Cc1nn(CC(=O)NCC(C)(O)C(=O)O)c(C)c1[N+](=O)[O-]. The summed E-state index contributed by atoms with van der Waals surface area (Å²) < 4.78 is 1.15. The molecule has 10 nitrogen and oxygen atoms in total. The lowest BCUT2D eigenvalue weighted by molar-refractivity contribution is -0.386. The molecule has 0 aliphatic carbocycles. The van der Waals surface area contributed by atoms with E-state index in [1.165, 1.54) is 13.8 Å². The molecular formula is C11H16N4O6. The van der Waals surface area contributed by atoms with Crippen LogP contribution in [0.1, 0.15) is 18.3 Å². The van der Waals surface area contributed by atoms with Crippen LogP contribution in [0.15, 0.2) is 0 Å². The van der Waals surface area contributed by atoms with E-state index in [-0.39, 0.29) is 23.6 Å². The fraction of sp³-hybridized carbons (Fsp3) is 0.545. The number of hydrogen-bond acceptors (Lipinski definition) is 6. The summed E-state index contributed by atoms with van der Waals surface area (Å²) in [6.07, 6.45) is 0. The zero-order valence-electron chi connectivity index (χ0n) is 11.8. The molecule has 0 aliphatic heterocycles. The molecular weight excluding hydrogens is 284 g/mol. The number of aliphatic carboxylic acids is 1. The van der Waals surface area contributed by atoms with Crippen molar-refractivity contribution in [2.75, 3.05) is 6.54 Å². The Balaban J connectivity index is 2.75. The van der Waals surface area contributed by atoms with E-state index >= 15 is 0 Å². The smallest absolute Gasteiger partial charge is 0.337 e. The van der Waals surface area contributed by atoms with Gasteiger partial charge in [-0.3, -0.25) is 19.6 Å². The van der Waals surface area contributed by atoms with Crippen molar-refractivity contribution in [2.24, 2.45) is 0 Å². The van der Waals surface area contributed by atoms with E-state index in [0.717, 1.165) is 11.6 Å². The molecule has 0 fully saturated rings. The van der Waals surface area contributed by atoms with Crippen LogP contribution in [-0.2, 0) is 16.1 Å². The minimum atomic E-state index is -2.09. The van der Waals surface area contributed by atoms with Crippen LogP contribution < -0.4 is 5.32 Å². The number of carboxylic acids is 1. The van der Waals surface area contributed by atoms with Crippen LogP contribution in [0.25, 0.3) is 0 Å². The highest BCUT2D eigenvalue weighted by atomic mass is 16.6. The first-order valence-electron chi connectivity index (χ1n) is 5.97. The molecule has 1 aromatic rings. The third-order valence-corrected chi connectivity index (χ3v) is 2.91. The normalized spacial score (nSPS) is 13.5. The van der Waals surface area contributed by atoms with Crippen molar-refractivity contribution in [1.29, 1.82) is 0 Å². The van der Waals surface area contributed by atoms with E-state index in [1.807, 2.05) is 0 Å². The van der Waals surface area contributed by atoms with Gasteiger partial charge in [0.25, 0.3) is 0 Å². The van der Waals surface area contributed by atoms with Gasteiger partial charge in [0.05, 0.1) is 11.5 Å². The summed E-state index contributed by atoms with van der Waals surface area (Å²) in [5.74, 6) is -2.08. The van der Waals surface area contributed by atoms with Crippen molar-refractivity contribution < 1.29 is 24.7 Å². The molecule has 10 heteroatoms. The molecule has 1 unspecified atom stereocenters. The highest BCUT2D eigenvalue weighted by Gasteiger charge is 2.30. The number of amides is 1. The first-order chi connectivity index (χ1) is 9.56. The third-order valence-electron chi connectivity index (χ3n) is 2.91. The standard InChI is InChI=1S/C11H16N4O6/c1-6-9(15(20)21)7(2)14(13-6)4-8(16)12-5-11(3,19)10(17)18/h19H,4-5H2,1-3H3,(H,12,16)(H,17,18). The summed E-state index contributed by atoms with van der Waals surface area (Å²) in [6, 6.07) is 0. The van der Waals surface area contributed by atoms with Gasteiger partial charge in [-0.05, 0) is 20.8 Å². The summed E-state index contributed by atoms with van der Waals surface area (Å²) in [7, 11) is 0. The second kappa shape index (κ2) is 5.87. The summed E-state index contributed by atoms with van der Waals surface area (Å²) in [5, 5.41) is 35.1. The summed E-state index contributed by atoms with van der Waals surface area (Å²) >= 11 is 0. The minimum Gasteiger partial charge on any atom is -0.479 e. The molecule has 1 aromatic heterocycles. The van der Waals surface area contributed by atoms with Gasteiger partial charge in [0, 0.05) is 0 Å². The zero-order chi connectivity index (χ0) is 16.4. The number of hydrogen-bond donors (Lipinski definition) is 3. The van der Waals surface area contributed by atoms with Crippen LogP contribution in [0.5, 0.6) is 0 Å². The van der Waals surface area contributed by atoms with Crippen molar-refractivity contribution in [1.82, 2.24) is 15.1 Å². The molecule has 0 aliphatic rings. The van der Waals surface area contributed by atoms with Crippen molar-refractivity contribution >= 4 is 17.6 Å². The fourth-order valence-corrected chi connectivity index (χ4v) is 1.64. The molecule has 0 saturated heterocycles. The average Bonchev–Trinajstić information content (AvgIpc) is 2.61. The zero-order valence-corrected chi connectivity index (χ0v) is 11.8. The lowest BCUT2D eigenvalue weighted by Gasteiger charge is -2.18. The van der Waals surface area contributed by atoms with Crippen molar-refractivity contribution in [2.45, 2.75) is 32.9 Å². The Morgan fingerprint density at radius 3 is 2.48 bits per heavy atom. The number of nitrogens with zero attached hydrogens (tertiary/aromatic N) is 3. The van der Waals surface area contributed by atoms with Crippen LogP contribution in [0.4, 0.5) is 5.69 Å². The van der Waals surface area contributed by atoms with Gasteiger partial charge in [0.15, 0.2) is 5.60 Å². The molecule has 1 atom stereocenters. The molecule has 0 saturated carbocycles. The largest absolute Gasteiger partial charge is 0.479 e. The van der Waals surface area contributed by atoms with Crippen molar-refractivity contribution in [3.05, 3.63) is 21.5 Å². The van der Waals surface area contributed by atoms with E-state index in [1.54, 1.807) is 0 Å². The third kappa shape index (κ3) is 3.75. The molecule has 0 spiro atoms. The van der Waals surface area contributed by atoms with Crippen LogP contribution in [0.3, 0.4) is 0 Å². The van der Waals surface area contributed by atoms with E-state index in [4.69, 9.17) is 5.11 Å². The van der Waals surface area contributed by atoms with Gasteiger partial charge in [-0.15, -0.1) is 0 Å². The molecule has 1 amide bonds. The molecule has 1 heterocycles. The quantitative estimate of drug-likeness (QED) is 0.467. The number of nitro groups is 1. The van der Waals surface area contributed by atoms with Gasteiger partial charge in [0.2, 0.25) is 5.91 Å². The van der Waals surface area contributed by atoms with Gasteiger partial charge in [-0.25, -0.2) is 4.79 Å². The lowest BCUT2D eigenvalue weighted by Crippen LogP contribution is -2.47. The van der Waals surface area contributed by atoms with Gasteiger partial charge in [-0.1, -0.05) is 0 Å². The summed E-state index contributed by atoms with van der Waals surface area (Å²) in [5.41, 5.74) is -1.85. The number of nitrogens with one attached hydrogen (secondary N) is 1. The number of rotatable bonds is 6. The highest BCUT2D eigenvalue weighted by molar-refractivity contribution is 5.80. The van der Waals surface area contributed by atoms with E-state index in [9.17, 15) is 24.8 Å². The van der Waals surface area contributed by atoms with E-state index in [2.05, 4.69) is 10.4 Å². The first-order valence-corrected chi connectivity index (χ1v) is 5.97. The minimum absolute atomic E-state index is 0.166. The average molecular weight is 300 g/mol. The predicted molar refractivity (Wildman–Crippen MR) is 69.6 cm³/mol. The number of aliphatic hydroxyl groups is 1. The fourth-order valence-electron chi connectivity index (χ4n) is 1.64. The number of aromatic nitrogens is 2. The Labute approximate surface area is 119 Å². The molecule has 0 aromatic carbocycles. The van der Waals surface area contributed by atoms with Gasteiger partial charge in [-0.2, -0.15) is 5.10 Å². The van der Waals surface area contributed by atoms with Crippen molar-refractivity contribution in [3.63, 3.8) is 0 Å². The van der Waals surface area contributed by atoms with Gasteiger partial charge in [0.1, 0.15) is 17.9 Å². The maximum absolute atomic E-state index is 11.7. The Morgan fingerprint density at radius 1 is 1.48 bits per heavy atom. The van der Waals surface area contributed by atoms with Crippen molar-refractivity contribution in [3.8, 4) is 0 Å². The molecule has 116 valence electrons. The van der Waals surface area contributed by atoms with E-state index in [0.29, 0.717) is 0 Å². The monoisotopic (exact) mass is 300 g/mol. The number of carbonyl (C=O) groups is 2. The first kappa shape index (κ1) is 16.6. The second-order valence-corrected chi connectivity index (χ2v) is 4.79. The van der Waals surface area contributed by atoms with E-state index < -0.39 is 28.9 Å².